The van der Waals surface area contributed by atoms with Gasteiger partial charge >= 0.3 is 0 Å². The summed E-state index contributed by atoms with van der Waals surface area (Å²) in [5.41, 5.74) is 5.11. The van der Waals surface area contributed by atoms with Crippen molar-refractivity contribution in [2.24, 2.45) is 5.73 Å². The molecule has 0 saturated carbocycles. The van der Waals surface area contributed by atoms with Gasteiger partial charge in [0, 0.05) is 13.0 Å². The van der Waals surface area contributed by atoms with Crippen molar-refractivity contribution in [2.45, 2.75) is 51.0 Å². The van der Waals surface area contributed by atoms with Crippen molar-refractivity contribution in [2.75, 3.05) is 13.2 Å². The number of rotatable bonds is 6. The van der Waals surface area contributed by atoms with E-state index in [2.05, 4.69) is 10.1 Å². The summed E-state index contributed by atoms with van der Waals surface area (Å²) in [6.07, 6.45) is 6.10. The van der Waals surface area contributed by atoms with Crippen molar-refractivity contribution in [1.29, 1.82) is 0 Å². The van der Waals surface area contributed by atoms with Gasteiger partial charge in [0.2, 0.25) is 11.7 Å². The fraction of sp³-hybridized carbons (Fsp3) is 0.833. The van der Waals surface area contributed by atoms with Crippen LogP contribution in [0.1, 0.15) is 50.7 Å². The summed E-state index contributed by atoms with van der Waals surface area (Å²) in [7, 11) is 0. The molecule has 0 radical (unpaired) electrons. The van der Waals surface area contributed by atoms with Crippen LogP contribution >= 0.6 is 0 Å². The first-order chi connectivity index (χ1) is 8.24. The predicted molar refractivity (Wildman–Crippen MR) is 63.4 cm³/mol. The molecule has 1 aliphatic heterocycles. The summed E-state index contributed by atoms with van der Waals surface area (Å²) >= 11 is 0. The van der Waals surface area contributed by atoms with E-state index in [1.54, 1.807) is 0 Å². The maximum absolute atomic E-state index is 5.68. The summed E-state index contributed by atoms with van der Waals surface area (Å²) < 4.78 is 10.9. The van der Waals surface area contributed by atoms with E-state index in [1.165, 1.54) is 0 Å². The number of aryl methyl sites for hydroxylation is 1. The summed E-state index contributed by atoms with van der Waals surface area (Å²) in [5, 5.41) is 4.03. The third-order valence-electron chi connectivity index (χ3n) is 3.25. The molecule has 0 spiro atoms. The molecule has 1 unspecified atom stereocenters. The summed E-state index contributed by atoms with van der Waals surface area (Å²) in [4.78, 5) is 4.43. The van der Waals surface area contributed by atoms with Gasteiger partial charge < -0.3 is 15.0 Å². The second-order valence-corrected chi connectivity index (χ2v) is 4.79. The lowest BCUT2D eigenvalue weighted by atomic mass is 10.0. The first-order valence-corrected chi connectivity index (χ1v) is 6.42. The minimum atomic E-state index is -0.334. The zero-order chi connectivity index (χ0) is 12.1. The maximum atomic E-state index is 5.68. The van der Waals surface area contributed by atoms with Gasteiger partial charge in [0.15, 0.2) is 0 Å². The molecule has 1 aromatic heterocycles. The second-order valence-electron chi connectivity index (χ2n) is 4.79. The van der Waals surface area contributed by atoms with E-state index >= 15 is 0 Å². The highest BCUT2D eigenvalue weighted by molar-refractivity contribution is 5.01. The van der Waals surface area contributed by atoms with Crippen LogP contribution in [-0.2, 0) is 16.8 Å². The highest BCUT2D eigenvalue weighted by atomic mass is 16.5. The lowest BCUT2D eigenvalue weighted by Crippen LogP contribution is -2.21. The monoisotopic (exact) mass is 239 g/mol. The molecule has 0 aliphatic carbocycles. The van der Waals surface area contributed by atoms with Crippen molar-refractivity contribution in [3.63, 3.8) is 0 Å². The Morgan fingerprint density at radius 3 is 2.94 bits per heavy atom. The lowest BCUT2D eigenvalue weighted by molar-refractivity contribution is 0.00768. The molecule has 0 bridgehead atoms. The van der Waals surface area contributed by atoms with E-state index in [-0.39, 0.29) is 5.60 Å². The van der Waals surface area contributed by atoms with Crippen LogP contribution < -0.4 is 5.73 Å². The summed E-state index contributed by atoms with van der Waals surface area (Å²) in [6.45, 7) is 3.57. The number of nitrogens with zero attached hydrogens (tertiary/aromatic N) is 2. The van der Waals surface area contributed by atoms with Crippen LogP contribution in [0.25, 0.3) is 0 Å². The molecule has 2 heterocycles. The Balaban J connectivity index is 1.87. The smallest absolute Gasteiger partial charge is 0.226 e. The Labute approximate surface area is 102 Å². The van der Waals surface area contributed by atoms with Crippen molar-refractivity contribution in [3.05, 3.63) is 11.7 Å². The van der Waals surface area contributed by atoms with E-state index in [9.17, 15) is 0 Å². The van der Waals surface area contributed by atoms with Crippen LogP contribution in [0.5, 0.6) is 0 Å². The van der Waals surface area contributed by atoms with E-state index in [0.29, 0.717) is 11.7 Å². The van der Waals surface area contributed by atoms with Gasteiger partial charge in [-0.2, -0.15) is 4.98 Å². The maximum Gasteiger partial charge on any atom is 0.226 e. The molecule has 0 amide bonds. The Hall–Kier alpha value is -0.940. The number of unbranched alkanes of at least 4 members (excludes halogenated alkanes) is 2. The van der Waals surface area contributed by atoms with Crippen LogP contribution in [0.4, 0.5) is 0 Å². The molecular formula is C12H21N3O2. The number of nitrogens with two attached hydrogens (primary N) is 1. The molecule has 96 valence electrons. The Morgan fingerprint density at radius 1 is 1.35 bits per heavy atom. The van der Waals surface area contributed by atoms with Crippen molar-refractivity contribution >= 4 is 0 Å². The van der Waals surface area contributed by atoms with E-state index in [4.69, 9.17) is 15.0 Å². The Kier molecular flexibility index (Phi) is 4.12. The molecule has 2 N–H and O–H groups in total. The average molecular weight is 239 g/mol. The van der Waals surface area contributed by atoms with Crippen LogP contribution in [0.15, 0.2) is 4.52 Å². The molecular weight excluding hydrogens is 218 g/mol. The number of hydrogen-bond donors (Lipinski definition) is 1. The van der Waals surface area contributed by atoms with Gasteiger partial charge in [-0.05, 0) is 39.2 Å². The predicted octanol–water partition coefficient (Wildman–Crippen LogP) is 1.77. The fourth-order valence-corrected chi connectivity index (χ4v) is 2.12. The second kappa shape index (κ2) is 5.60. The molecule has 2 rings (SSSR count). The van der Waals surface area contributed by atoms with Gasteiger partial charge in [-0.25, -0.2) is 0 Å². The quantitative estimate of drug-likeness (QED) is 0.766. The SMILES string of the molecule is CC1(c2noc(CCCCCN)n2)CCCO1. The molecule has 5 nitrogen and oxygen atoms in total. The fourth-order valence-electron chi connectivity index (χ4n) is 2.12. The van der Waals surface area contributed by atoms with Crippen LogP contribution in [0.3, 0.4) is 0 Å². The first kappa shape index (κ1) is 12.5. The van der Waals surface area contributed by atoms with Gasteiger partial charge in [0.1, 0.15) is 5.60 Å². The van der Waals surface area contributed by atoms with Crippen LogP contribution in [0, 0.1) is 0 Å². The largest absolute Gasteiger partial charge is 0.367 e. The molecule has 0 aromatic carbocycles. The topological polar surface area (TPSA) is 74.2 Å². The zero-order valence-corrected chi connectivity index (χ0v) is 10.4. The average Bonchev–Trinajstić information content (AvgIpc) is 2.94. The van der Waals surface area contributed by atoms with Gasteiger partial charge in [0.05, 0.1) is 0 Å². The van der Waals surface area contributed by atoms with Crippen molar-refractivity contribution in [1.82, 2.24) is 10.1 Å². The summed E-state index contributed by atoms with van der Waals surface area (Å²) in [6, 6.07) is 0. The Bertz CT molecular complexity index is 345. The number of hydrogen-bond acceptors (Lipinski definition) is 5. The summed E-state index contributed by atoms with van der Waals surface area (Å²) in [5.74, 6) is 1.41. The molecule has 17 heavy (non-hydrogen) atoms. The molecule has 1 saturated heterocycles. The Morgan fingerprint density at radius 2 is 2.24 bits per heavy atom. The molecule has 1 fully saturated rings. The zero-order valence-electron chi connectivity index (χ0n) is 10.4. The van der Waals surface area contributed by atoms with Gasteiger partial charge in [-0.15, -0.1) is 0 Å². The van der Waals surface area contributed by atoms with Crippen molar-refractivity contribution < 1.29 is 9.26 Å². The molecule has 5 heteroatoms. The minimum Gasteiger partial charge on any atom is -0.367 e. The van der Waals surface area contributed by atoms with Crippen LogP contribution in [0.2, 0.25) is 0 Å². The van der Waals surface area contributed by atoms with Gasteiger partial charge in [-0.1, -0.05) is 11.6 Å². The highest BCUT2D eigenvalue weighted by Crippen LogP contribution is 2.33. The van der Waals surface area contributed by atoms with E-state index < -0.39 is 0 Å². The number of aromatic nitrogens is 2. The van der Waals surface area contributed by atoms with Gasteiger partial charge in [-0.3, -0.25) is 0 Å². The number of ether oxygens (including phenoxy) is 1. The molecule has 1 atom stereocenters. The van der Waals surface area contributed by atoms with E-state index in [1.807, 2.05) is 6.92 Å². The van der Waals surface area contributed by atoms with Crippen LogP contribution in [-0.4, -0.2) is 23.3 Å². The third-order valence-corrected chi connectivity index (χ3v) is 3.25. The van der Waals surface area contributed by atoms with Crippen molar-refractivity contribution in [3.8, 4) is 0 Å². The lowest BCUT2D eigenvalue weighted by Gasteiger charge is -2.17. The highest BCUT2D eigenvalue weighted by Gasteiger charge is 2.36. The minimum absolute atomic E-state index is 0.334. The normalized spacial score (nSPS) is 24.4. The third kappa shape index (κ3) is 3.04. The van der Waals surface area contributed by atoms with Gasteiger partial charge in [0.25, 0.3) is 0 Å². The molecule has 1 aromatic rings. The standard InChI is InChI=1S/C12H21N3O2/c1-12(7-5-9-16-12)11-14-10(17-15-11)6-3-2-4-8-13/h2-9,13H2,1H3. The molecule has 1 aliphatic rings. The van der Waals surface area contributed by atoms with E-state index in [0.717, 1.165) is 51.7 Å². The first-order valence-electron chi connectivity index (χ1n) is 6.42.